The number of carbonyl (C=O) groups is 1. The van der Waals surface area contributed by atoms with Crippen LogP contribution in [0.5, 0.6) is 0 Å². The lowest BCUT2D eigenvalue weighted by Crippen LogP contribution is -1.92. The van der Waals surface area contributed by atoms with E-state index in [4.69, 9.17) is 16.7 Å². The van der Waals surface area contributed by atoms with Crippen LogP contribution in [0.2, 0.25) is 0 Å². The smallest absolute Gasteiger partial charge is 0.244 e. The van der Waals surface area contributed by atoms with Crippen LogP contribution in [0.4, 0.5) is 0 Å². The molecule has 84 valence electrons. The first kappa shape index (κ1) is 14.1. The highest BCUT2D eigenvalue weighted by atomic mass is 35.5. The molecule has 1 rings (SSSR count). The molecule has 0 saturated heterocycles. The lowest BCUT2D eigenvalue weighted by atomic mass is 10.0. The van der Waals surface area contributed by atoms with E-state index in [1.165, 1.54) is 6.08 Å². The third-order valence-electron chi connectivity index (χ3n) is 1.71. The summed E-state index contributed by atoms with van der Waals surface area (Å²) in [4.78, 5) is 10.3. The summed E-state index contributed by atoms with van der Waals surface area (Å²) in [6.07, 6.45) is 13.1. The van der Waals surface area contributed by atoms with Crippen molar-refractivity contribution in [1.82, 2.24) is 0 Å². The minimum atomic E-state index is -0.409. The molecule has 3 heteroatoms. The van der Waals surface area contributed by atoms with Gasteiger partial charge in [-0.3, -0.25) is 4.79 Å². The van der Waals surface area contributed by atoms with Gasteiger partial charge in [0.1, 0.15) is 0 Å². The second-order valence-electron chi connectivity index (χ2n) is 3.10. The summed E-state index contributed by atoms with van der Waals surface area (Å²) in [6.45, 7) is 2.25. The van der Waals surface area contributed by atoms with Crippen molar-refractivity contribution >= 4 is 16.8 Å². The van der Waals surface area contributed by atoms with Crippen LogP contribution < -0.4 is 0 Å². The van der Waals surface area contributed by atoms with Crippen molar-refractivity contribution in [2.45, 2.75) is 19.8 Å². The molecule has 0 fully saturated rings. The minimum Gasteiger partial charge on any atom is -0.396 e. The molecule has 0 heterocycles. The van der Waals surface area contributed by atoms with Crippen LogP contribution >= 0.6 is 11.6 Å². The third-order valence-corrected chi connectivity index (χ3v) is 1.84. The second kappa shape index (κ2) is 9.69. The Morgan fingerprint density at radius 3 is 2.67 bits per heavy atom. The quantitative estimate of drug-likeness (QED) is 0.596. The van der Waals surface area contributed by atoms with E-state index < -0.39 is 5.24 Å². The second-order valence-corrected chi connectivity index (χ2v) is 3.47. The maximum Gasteiger partial charge on any atom is 0.244 e. The number of hydrogen-bond acceptors (Lipinski definition) is 2. The Labute approximate surface area is 95.9 Å². The van der Waals surface area contributed by atoms with Gasteiger partial charge in [-0.15, -0.1) is 0 Å². The molecule has 15 heavy (non-hydrogen) atoms. The highest BCUT2D eigenvalue weighted by molar-refractivity contribution is 6.66. The van der Waals surface area contributed by atoms with Crippen LogP contribution in [-0.2, 0) is 4.79 Å². The van der Waals surface area contributed by atoms with E-state index in [1.807, 2.05) is 31.2 Å². The number of hydrogen-bond donors (Lipinski definition) is 1. The molecule has 0 aliphatic heterocycles. The van der Waals surface area contributed by atoms with Crippen molar-refractivity contribution in [2.75, 3.05) is 6.61 Å². The molecule has 1 unspecified atom stereocenters. The molecular formula is C12H17ClO2. The predicted octanol–water partition coefficient (Wildman–Crippen LogP) is 2.83. The average molecular weight is 229 g/mol. The minimum absolute atomic E-state index is 0.319. The van der Waals surface area contributed by atoms with Gasteiger partial charge in [0.2, 0.25) is 5.24 Å². The number of aliphatic hydroxyl groups is 1. The highest BCUT2D eigenvalue weighted by Gasteiger charge is 1.99. The number of aliphatic hydroxyl groups excluding tert-OH is 1. The van der Waals surface area contributed by atoms with Crippen molar-refractivity contribution in [3.05, 3.63) is 36.5 Å². The summed E-state index contributed by atoms with van der Waals surface area (Å²) in [7, 11) is 0. The van der Waals surface area contributed by atoms with E-state index in [0.717, 1.165) is 12.8 Å². The number of halogens is 1. The summed E-state index contributed by atoms with van der Waals surface area (Å²) in [6, 6.07) is 0. The van der Waals surface area contributed by atoms with Gasteiger partial charge < -0.3 is 5.11 Å². The maximum absolute atomic E-state index is 10.3. The fourth-order valence-corrected chi connectivity index (χ4v) is 1.01. The lowest BCUT2D eigenvalue weighted by Gasteiger charge is -2.05. The third kappa shape index (κ3) is 9.44. The van der Waals surface area contributed by atoms with Crippen molar-refractivity contribution in [1.29, 1.82) is 0 Å². The van der Waals surface area contributed by atoms with Gasteiger partial charge in [-0.25, -0.2) is 0 Å². The van der Waals surface area contributed by atoms with Crippen molar-refractivity contribution in [3.8, 4) is 0 Å². The Kier molecular flexibility index (Phi) is 9.13. The van der Waals surface area contributed by atoms with E-state index >= 15 is 0 Å². The Morgan fingerprint density at radius 2 is 2.27 bits per heavy atom. The van der Waals surface area contributed by atoms with Gasteiger partial charge in [0, 0.05) is 6.61 Å². The lowest BCUT2D eigenvalue weighted by molar-refractivity contribution is -0.107. The van der Waals surface area contributed by atoms with Gasteiger partial charge in [0.05, 0.1) is 0 Å². The highest BCUT2D eigenvalue weighted by Crippen LogP contribution is 2.12. The van der Waals surface area contributed by atoms with Crippen LogP contribution in [0.25, 0.3) is 0 Å². The molecule has 1 atom stereocenters. The average Bonchev–Trinajstić information content (AvgIpc) is 2.28. The largest absolute Gasteiger partial charge is 0.396 e. The van der Waals surface area contributed by atoms with Crippen LogP contribution in [0, 0.1) is 5.92 Å². The summed E-state index contributed by atoms with van der Waals surface area (Å²) < 4.78 is 0. The van der Waals surface area contributed by atoms with E-state index in [2.05, 4.69) is 6.08 Å². The topological polar surface area (TPSA) is 37.3 Å². The predicted molar refractivity (Wildman–Crippen MR) is 63.8 cm³/mol. The number of allylic oxidation sites excluding steroid dienone is 6. The zero-order chi connectivity index (χ0) is 11.5. The first-order valence-corrected chi connectivity index (χ1v) is 5.40. The normalized spacial score (nSPS) is 18.7. The summed E-state index contributed by atoms with van der Waals surface area (Å²) in [5.41, 5.74) is 0. The molecule has 0 aromatic carbocycles. The van der Waals surface area contributed by atoms with Gasteiger partial charge in [0.25, 0.3) is 0 Å². The molecule has 0 radical (unpaired) electrons. The van der Waals surface area contributed by atoms with Crippen molar-refractivity contribution in [3.63, 3.8) is 0 Å². The monoisotopic (exact) mass is 228 g/mol. The molecule has 1 aliphatic carbocycles. The summed E-state index contributed by atoms with van der Waals surface area (Å²) in [5.74, 6) is 0.336. The van der Waals surface area contributed by atoms with E-state index in [1.54, 1.807) is 0 Å². The molecule has 0 amide bonds. The molecule has 2 nitrogen and oxygen atoms in total. The Balaban J connectivity index is 0.000000423. The first-order chi connectivity index (χ1) is 7.20. The molecule has 1 N–H and O–H groups in total. The summed E-state index contributed by atoms with van der Waals surface area (Å²) >= 11 is 5.13. The van der Waals surface area contributed by atoms with Gasteiger partial charge >= 0.3 is 0 Å². The van der Waals surface area contributed by atoms with Crippen LogP contribution in [0.15, 0.2) is 36.5 Å². The summed E-state index contributed by atoms with van der Waals surface area (Å²) in [5, 5.41) is 7.47. The molecule has 0 bridgehead atoms. The van der Waals surface area contributed by atoms with E-state index in [-0.39, 0.29) is 0 Å². The Morgan fingerprint density at radius 1 is 1.60 bits per heavy atom. The number of carbonyl (C=O) groups excluding carboxylic acids is 1. The molecule has 0 saturated carbocycles. The van der Waals surface area contributed by atoms with E-state index in [0.29, 0.717) is 12.5 Å². The molecular weight excluding hydrogens is 212 g/mol. The molecule has 1 aliphatic rings. The van der Waals surface area contributed by atoms with Crippen molar-refractivity contribution < 1.29 is 9.90 Å². The first-order valence-electron chi connectivity index (χ1n) is 5.02. The van der Waals surface area contributed by atoms with Crippen LogP contribution in [0.1, 0.15) is 19.8 Å². The SMILES string of the molecule is CCCO.O=C(Cl)C=CC1C=CC=CC1. The van der Waals surface area contributed by atoms with Gasteiger partial charge in [0.15, 0.2) is 0 Å². The fraction of sp³-hybridized carbons (Fsp3) is 0.417. The fourth-order valence-electron chi connectivity index (χ4n) is 0.942. The van der Waals surface area contributed by atoms with Crippen LogP contribution in [0.3, 0.4) is 0 Å². The maximum atomic E-state index is 10.3. The van der Waals surface area contributed by atoms with Gasteiger partial charge in [-0.2, -0.15) is 0 Å². The standard InChI is InChI=1S/C9H9ClO.C3H8O/c10-9(11)7-6-8-4-2-1-3-5-8;1-2-3-4/h1-4,6-8H,5H2;4H,2-3H2,1H3. The Hall–Kier alpha value is -0.860. The van der Waals surface area contributed by atoms with E-state index in [9.17, 15) is 4.79 Å². The Bertz CT molecular complexity index is 252. The zero-order valence-corrected chi connectivity index (χ0v) is 9.65. The zero-order valence-electron chi connectivity index (χ0n) is 8.90. The van der Waals surface area contributed by atoms with Gasteiger partial charge in [-0.05, 0) is 36.4 Å². The van der Waals surface area contributed by atoms with Crippen molar-refractivity contribution in [2.24, 2.45) is 5.92 Å². The molecule has 0 aromatic rings. The number of rotatable bonds is 3. The van der Waals surface area contributed by atoms with Gasteiger partial charge in [-0.1, -0.05) is 37.3 Å². The van der Waals surface area contributed by atoms with Crippen LogP contribution in [-0.4, -0.2) is 17.0 Å². The molecule has 0 aromatic heterocycles. The molecule has 0 spiro atoms.